The number of hydrogen-bond donors (Lipinski definition) is 3. The summed E-state index contributed by atoms with van der Waals surface area (Å²) >= 11 is 3.56. The van der Waals surface area contributed by atoms with E-state index in [1.807, 2.05) is 72.9 Å². The third-order valence-electron chi connectivity index (χ3n) is 5.58. The van der Waals surface area contributed by atoms with Crippen molar-refractivity contribution in [1.29, 1.82) is 0 Å². The lowest BCUT2D eigenvalue weighted by molar-refractivity contribution is 0.0946. The van der Waals surface area contributed by atoms with Gasteiger partial charge in [0.1, 0.15) is 5.69 Å². The molecule has 0 aliphatic heterocycles. The maximum atomic E-state index is 13.0. The minimum absolute atomic E-state index is 0.207. The van der Waals surface area contributed by atoms with Gasteiger partial charge in [-0.2, -0.15) is 0 Å². The minimum Gasteiger partial charge on any atom is -0.360 e. The molecule has 0 unspecified atom stereocenters. The van der Waals surface area contributed by atoms with Gasteiger partial charge in [-0.05, 0) is 40.8 Å². The van der Waals surface area contributed by atoms with E-state index < -0.39 is 0 Å². The van der Waals surface area contributed by atoms with Crippen molar-refractivity contribution in [3.05, 3.63) is 100 Å². The van der Waals surface area contributed by atoms with Gasteiger partial charge in [0.15, 0.2) is 0 Å². The second-order valence-corrected chi connectivity index (χ2v) is 8.59. The quantitative estimate of drug-likeness (QED) is 0.306. The first-order valence-corrected chi connectivity index (χ1v) is 11.1. The molecule has 0 saturated carbocycles. The van der Waals surface area contributed by atoms with E-state index >= 15 is 0 Å². The molecule has 0 spiro atoms. The van der Waals surface area contributed by atoms with Crippen LogP contribution >= 0.6 is 15.9 Å². The molecule has 3 aromatic carbocycles. The van der Waals surface area contributed by atoms with E-state index in [0.717, 1.165) is 48.5 Å². The topological polar surface area (TPSA) is 83.8 Å². The molecule has 0 radical (unpaired) electrons. The molecule has 4 N–H and O–H groups in total. The van der Waals surface area contributed by atoms with Gasteiger partial charge in [-0.3, -0.25) is 4.79 Å². The van der Waals surface area contributed by atoms with Gasteiger partial charge in [-0.15, -0.1) is 0 Å². The number of aromatic amines is 1. The number of carbonyl (C=O) groups excluding carboxylic acids is 1. The highest BCUT2D eigenvalue weighted by Crippen LogP contribution is 2.34. The zero-order valence-corrected chi connectivity index (χ0v) is 18.8. The third-order valence-corrected chi connectivity index (χ3v) is 6.08. The molecule has 158 valence electrons. The highest BCUT2D eigenvalue weighted by molar-refractivity contribution is 9.10. The van der Waals surface area contributed by atoms with Crippen LogP contribution in [-0.4, -0.2) is 15.9 Å². The molecule has 5 nitrogen and oxygen atoms in total. The summed E-state index contributed by atoms with van der Waals surface area (Å²) in [6.45, 7) is 0.925. The molecule has 0 atom stereocenters. The van der Waals surface area contributed by atoms with E-state index in [2.05, 4.69) is 32.3 Å². The number of pyridine rings is 1. The van der Waals surface area contributed by atoms with Crippen LogP contribution in [0.2, 0.25) is 0 Å². The predicted molar refractivity (Wildman–Crippen MR) is 132 cm³/mol. The molecule has 0 bridgehead atoms. The number of nitrogens with one attached hydrogen (secondary N) is 2. The third kappa shape index (κ3) is 3.90. The lowest BCUT2D eigenvalue weighted by Crippen LogP contribution is -2.24. The number of fused-ring (bicyclic) bond motifs is 2. The lowest BCUT2D eigenvalue weighted by Gasteiger charge is -2.10. The molecular formula is C26H21BrN4O. The second kappa shape index (κ2) is 8.57. The van der Waals surface area contributed by atoms with E-state index in [0.29, 0.717) is 18.8 Å². The highest BCUT2D eigenvalue weighted by atomic mass is 79.9. The maximum absolute atomic E-state index is 13.0. The molecule has 6 heteroatoms. The average molecular weight is 485 g/mol. The van der Waals surface area contributed by atoms with Crippen molar-refractivity contribution >= 4 is 43.5 Å². The summed E-state index contributed by atoms with van der Waals surface area (Å²) in [7, 11) is 0. The van der Waals surface area contributed by atoms with Crippen molar-refractivity contribution in [2.75, 3.05) is 0 Å². The Kier molecular flexibility index (Phi) is 5.47. The SMILES string of the molecule is NCc1ccc(CNC(=O)c2cc3ccccc3c(-c3c[nH]c4ccc(Br)cc34)n2)cc1. The van der Waals surface area contributed by atoms with Crippen LogP contribution in [0.4, 0.5) is 0 Å². The Morgan fingerprint density at radius 2 is 1.75 bits per heavy atom. The van der Waals surface area contributed by atoms with Crippen LogP contribution < -0.4 is 11.1 Å². The average Bonchev–Trinajstić information content (AvgIpc) is 3.25. The van der Waals surface area contributed by atoms with Crippen LogP contribution in [0, 0.1) is 0 Å². The predicted octanol–water partition coefficient (Wildman–Crippen LogP) is 5.53. The van der Waals surface area contributed by atoms with E-state index in [9.17, 15) is 4.79 Å². The number of benzene rings is 3. The number of halogens is 1. The summed E-state index contributed by atoms with van der Waals surface area (Å²) in [5.41, 5.74) is 10.9. The van der Waals surface area contributed by atoms with Crippen molar-refractivity contribution in [1.82, 2.24) is 15.3 Å². The Balaban J connectivity index is 1.52. The van der Waals surface area contributed by atoms with Crippen LogP contribution in [0.25, 0.3) is 32.9 Å². The van der Waals surface area contributed by atoms with E-state index in [1.54, 1.807) is 0 Å². The van der Waals surface area contributed by atoms with Gasteiger partial charge in [0.25, 0.3) is 5.91 Å². The van der Waals surface area contributed by atoms with Gasteiger partial charge in [0, 0.05) is 45.6 Å². The maximum Gasteiger partial charge on any atom is 0.270 e. The van der Waals surface area contributed by atoms with Crippen LogP contribution in [0.15, 0.2) is 83.5 Å². The fourth-order valence-corrected chi connectivity index (χ4v) is 4.24. The van der Waals surface area contributed by atoms with Crippen molar-refractivity contribution in [2.24, 2.45) is 5.73 Å². The molecule has 0 saturated heterocycles. The summed E-state index contributed by atoms with van der Waals surface area (Å²) in [6, 6.07) is 23.8. The number of nitrogens with two attached hydrogens (primary N) is 1. The van der Waals surface area contributed by atoms with Crippen molar-refractivity contribution in [3.63, 3.8) is 0 Å². The standard InChI is InChI=1S/C26H21BrN4O/c27-19-9-10-23-21(12-19)22(15-29-23)25-20-4-2-1-3-18(20)11-24(31-25)26(32)30-14-17-7-5-16(13-28)6-8-17/h1-12,15,29H,13-14,28H2,(H,30,32). The van der Waals surface area contributed by atoms with Crippen LogP contribution in [0.3, 0.4) is 0 Å². The molecular weight excluding hydrogens is 464 g/mol. The number of carbonyl (C=O) groups is 1. The van der Waals surface area contributed by atoms with Gasteiger partial charge < -0.3 is 16.0 Å². The van der Waals surface area contributed by atoms with Crippen molar-refractivity contribution < 1.29 is 4.79 Å². The fourth-order valence-electron chi connectivity index (χ4n) is 3.88. The van der Waals surface area contributed by atoms with Crippen LogP contribution in [0.1, 0.15) is 21.6 Å². The van der Waals surface area contributed by atoms with Gasteiger partial charge >= 0.3 is 0 Å². The Bertz CT molecular complexity index is 1440. The number of H-pyrrole nitrogens is 1. The minimum atomic E-state index is -0.207. The summed E-state index contributed by atoms with van der Waals surface area (Å²) in [6.07, 6.45) is 1.95. The van der Waals surface area contributed by atoms with Gasteiger partial charge in [0.05, 0.1) is 5.69 Å². The van der Waals surface area contributed by atoms with E-state index in [1.165, 1.54) is 0 Å². The number of nitrogens with zero attached hydrogens (tertiary/aromatic N) is 1. The number of amides is 1. The zero-order valence-electron chi connectivity index (χ0n) is 17.2. The van der Waals surface area contributed by atoms with Crippen molar-refractivity contribution in [3.8, 4) is 11.3 Å². The second-order valence-electron chi connectivity index (χ2n) is 7.67. The highest BCUT2D eigenvalue weighted by Gasteiger charge is 2.16. The number of rotatable bonds is 5. The first-order valence-electron chi connectivity index (χ1n) is 10.4. The summed E-state index contributed by atoms with van der Waals surface area (Å²) in [4.78, 5) is 21.1. The Morgan fingerprint density at radius 1 is 0.969 bits per heavy atom. The van der Waals surface area contributed by atoms with Gasteiger partial charge in [-0.1, -0.05) is 64.5 Å². The first kappa shape index (κ1) is 20.4. The molecule has 0 aliphatic rings. The normalized spacial score (nSPS) is 11.2. The van der Waals surface area contributed by atoms with Crippen LogP contribution in [-0.2, 0) is 13.1 Å². The summed E-state index contributed by atoms with van der Waals surface area (Å²) in [5, 5.41) is 6.01. The van der Waals surface area contributed by atoms with Crippen LogP contribution in [0.5, 0.6) is 0 Å². The lowest BCUT2D eigenvalue weighted by atomic mass is 10.0. The van der Waals surface area contributed by atoms with E-state index in [-0.39, 0.29) is 5.91 Å². The summed E-state index contributed by atoms with van der Waals surface area (Å²) in [5.74, 6) is -0.207. The van der Waals surface area contributed by atoms with Gasteiger partial charge in [0.2, 0.25) is 0 Å². The van der Waals surface area contributed by atoms with Gasteiger partial charge in [-0.25, -0.2) is 4.98 Å². The molecule has 0 aliphatic carbocycles. The van der Waals surface area contributed by atoms with Crippen molar-refractivity contribution in [2.45, 2.75) is 13.1 Å². The number of aromatic nitrogens is 2. The molecule has 5 aromatic rings. The Morgan fingerprint density at radius 3 is 2.56 bits per heavy atom. The molecule has 0 fully saturated rings. The fraction of sp³-hybridized carbons (Fsp3) is 0.0769. The summed E-state index contributed by atoms with van der Waals surface area (Å²) < 4.78 is 0.990. The van der Waals surface area contributed by atoms with E-state index in [4.69, 9.17) is 10.7 Å². The molecule has 32 heavy (non-hydrogen) atoms. The first-order chi connectivity index (χ1) is 15.6. The largest absolute Gasteiger partial charge is 0.360 e. The Labute approximate surface area is 193 Å². The Hall–Kier alpha value is -3.48. The smallest absolute Gasteiger partial charge is 0.270 e. The molecule has 5 rings (SSSR count). The number of hydrogen-bond acceptors (Lipinski definition) is 3. The molecule has 1 amide bonds. The monoisotopic (exact) mass is 484 g/mol. The molecule has 2 heterocycles. The zero-order chi connectivity index (χ0) is 22.1. The molecule has 2 aromatic heterocycles.